The number of carbonyl (C=O) groups excluding carboxylic acids is 2. The van der Waals surface area contributed by atoms with Crippen molar-refractivity contribution in [2.45, 2.75) is 26.8 Å². The molecule has 2 aromatic carbocycles. The molecule has 0 radical (unpaired) electrons. The van der Waals surface area contributed by atoms with E-state index in [-0.39, 0.29) is 5.91 Å². The van der Waals surface area contributed by atoms with Crippen LogP contribution in [0.3, 0.4) is 0 Å². The Morgan fingerprint density at radius 3 is 2.61 bits per heavy atom. The highest BCUT2D eigenvalue weighted by molar-refractivity contribution is 7.16. The van der Waals surface area contributed by atoms with Gasteiger partial charge in [-0.25, -0.2) is 0 Å². The Hall–Kier alpha value is -3.12. The van der Waals surface area contributed by atoms with Gasteiger partial charge in [0.25, 0.3) is 11.8 Å². The molecule has 144 valence electrons. The highest BCUT2D eigenvalue weighted by atomic mass is 32.1. The smallest absolute Gasteiger partial charge is 0.256 e. The zero-order valence-electron chi connectivity index (χ0n) is 15.9. The molecule has 4 N–H and O–H groups in total. The molecule has 3 aromatic rings. The van der Waals surface area contributed by atoms with Crippen LogP contribution in [0.25, 0.3) is 0 Å². The van der Waals surface area contributed by atoms with Crippen molar-refractivity contribution < 1.29 is 9.59 Å². The van der Waals surface area contributed by atoms with Crippen molar-refractivity contribution in [3.05, 3.63) is 81.7 Å². The van der Waals surface area contributed by atoms with Gasteiger partial charge in [0, 0.05) is 22.7 Å². The van der Waals surface area contributed by atoms with Crippen LogP contribution in [0.2, 0.25) is 0 Å². The predicted octanol–water partition coefficient (Wildman–Crippen LogP) is 4.58. The summed E-state index contributed by atoms with van der Waals surface area (Å²) in [5.41, 5.74) is 9.61. The number of benzene rings is 2. The summed E-state index contributed by atoms with van der Waals surface area (Å²) in [6.45, 7) is 4.61. The van der Waals surface area contributed by atoms with Crippen LogP contribution in [-0.2, 0) is 13.0 Å². The van der Waals surface area contributed by atoms with Crippen LogP contribution in [0.5, 0.6) is 0 Å². The van der Waals surface area contributed by atoms with Gasteiger partial charge in [-0.2, -0.15) is 0 Å². The van der Waals surface area contributed by atoms with Crippen LogP contribution < -0.4 is 16.4 Å². The van der Waals surface area contributed by atoms with Crippen molar-refractivity contribution in [3.8, 4) is 0 Å². The molecule has 1 aromatic heterocycles. The van der Waals surface area contributed by atoms with Gasteiger partial charge in [-0.15, -0.1) is 11.3 Å². The van der Waals surface area contributed by atoms with Gasteiger partial charge in [0.15, 0.2) is 0 Å². The van der Waals surface area contributed by atoms with E-state index in [2.05, 4.69) is 29.7 Å². The third-order valence-corrected chi connectivity index (χ3v) is 5.38. The van der Waals surface area contributed by atoms with Gasteiger partial charge in [0.05, 0.1) is 5.56 Å². The highest BCUT2D eigenvalue weighted by Crippen LogP contribution is 2.27. The lowest BCUT2D eigenvalue weighted by atomic mass is 10.1. The van der Waals surface area contributed by atoms with Crippen molar-refractivity contribution in [1.29, 1.82) is 0 Å². The van der Waals surface area contributed by atoms with Crippen LogP contribution >= 0.6 is 11.3 Å². The minimum Gasteiger partial charge on any atom is -0.381 e. The van der Waals surface area contributed by atoms with Gasteiger partial charge in [-0.3, -0.25) is 9.59 Å². The number of primary amides is 1. The van der Waals surface area contributed by atoms with E-state index < -0.39 is 5.91 Å². The maximum atomic E-state index is 12.6. The number of amides is 2. The van der Waals surface area contributed by atoms with E-state index in [1.165, 1.54) is 16.9 Å². The van der Waals surface area contributed by atoms with E-state index in [0.717, 1.165) is 22.5 Å². The molecular weight excluding hydrogens is 370 g/mol. The number of anilines is 2. The van der Waals surface area contributed by atoms with Crippen molar-refractivity contribution in [2.75, 3.05) is 10.6 Å². The molecule has 5 nitrogen and oxygen atoms in total. The van der Waals surface area contributed by atoms with E-state index in [4.69, 9.17) is 5.73 Å². The number of nitrogens with one attached hydrogen (secondary N) is 2. The summed E-state index contributed by atoms with van der Waals surface area (Å²) < 4.78 is 0. The Balaban J connectivity index is 1.72. The molecule has 0 bridgehead atoms. The van der Waals surface area contributed by atoms with Gasteiger partial charge in [0.1, 0.15) is 5.00 Å². The second-order valence-electron chi connectivity index (χ2n) is 6.48. The minimum atomic E-state index is -0.549. The summed E-state index contributed by atoms with van der Waals surface area (Å²) in [5.74, 6) is -0.813. The molecule has 0 spiro atoms. The lowest BCUT2D eigenvalue weighted by molar-refractivity contribution is 0.100. The average Bonchev–Trinajstić information content (AvgIpc) is 3.07. The van der Waals surface area contributed by atoms with Crippen molar-refractivity contribution in [1.82, 2.24) is 0 Å². The monoisotopic (exact) mass is 393 g/mol. The molecule has 2 amide bonds. The Kier molecular flexibility index (Phi) is 6.11. The molecule has 28 heavy (non-hydrogen) atoms. The molecule has 0 unspecified atom stereocenters. The summed E-state index contributed by atoms with van der Waals surface area (Å²) in [6, 6.07) is 17.3. The van der Waals surface area contributed by atoms with E-state index in [1.54, 1.807) is 12.1 Å². The van der Waals surface area contributed by atoms with Crippen LogP contribution in [0.1, 0.15) is 43.6 Å². The molecule has 6 heteroatoms. The number of nitrogens with two attached hydrogens (primary N) is 1. The third-order valence-electron chi connectivity index (χ3n) is 4.42. The number of carbonyl (C=O) groups is 2. The molecule has 0 aliphatic rings. The fourth-order valence-corrected chi connectivity index (χ4v) is 3.90. The van der Waals surface area contributed by atoms with E-state index in [1.807, 2.05) is 37.3 Å². The van der Waals surface area contributed by atoms with E-state index in [9.17, 15) is 9.59 Å². The Morgan fingerprint density at radius 1 is 1.07 bits per heavy atom. The average molecular weight is 394 g/mol. The Morgan fingerprint density at radius 2 is 1.86 bits per heavy atom. The maximum absolute atomic E-state index is 12.6. The third kappa shape index (κ3) is 4.58. The SMILES string of the molecule is CCc1ccccc1NCc1cccc(C(=O)Nc2sc(C)cc2C(N)=O)c1. The number of aryl methyl sites for hydroxylation is 2. The summed E-state index contributed by atoms with van der Waals surface area (Å²) in [6.07, 6.45) is 0.952. The van der Waals surface area contributed by atoms with Crippen LogP contribution in [-0.4, -0.2) is 11.8 Å². The van der Waals surface area contributed by atoms with Crippen molar-refractivity contribution >= 4 is 33.8 Å². The van der Waals surface area contributed by atoms with Gasteiger partial charge in [-0.1, -0.05) is 37.3 Å². The predicted molar refractivity (Wildman–Crippen MR) is 115 cm³/mol. The molecular formula is C22H23N3O2S. The topological polar surface area (TPSA) is 84.2 Å². The molecule has 3 rings (SSSR count). The highest BCUT2D eigenvalue weighted by Gasteiger charge is 2.15. The standard InChI is InChI=1S/C22H23N3O2S/c1-3-16-8-4-5-10-19(16)24-13-15-7-6-9-17(12-15)21(27)25-22-18(20(23)26)11-14(2)28-22/h4-12,24H,3,13H2,1-2H3,(H2,23,26)(H,25,27). The van der Waals surface area contributed by atoms with Gasteiger partial charge in [0.2, 0.25) is 0 Å². The summed E-state index contributed by atoms with van der Waals surface area (Å²) in [7, 11) is 0. The zero-order valence-corrected chi connectivity index (χ0v) is 16.7. The number of thiophene rings is 1. The molecule has 0 saturated carbocycles. The molecule has 0 fully saturated rings. The van der Waals surface area contributed by atoms with Gasteiger partial charge < -0.3 is 16.4 Å². The van der Waals surface area contributed by atoms with Crippen LogP contribution in [0.15, 0.2) is 54.6 Å². The van der Waals surface area contributed by atoms with E-state index in [0.29, 0.717) is 22.7 Å². The molecule has 0 aliphatic heterocycles. The summed E-state index contributed by atoms with van der Waals surface area (Å²) in [5, 5.41) is 6.72. The fourth-order valence-electron chi connectivity index (χ4n) is 2.99. The second-order valence-corrected chi connectivity index (χ2v) is 7.74. The summed E-state index contributed by atoms with van der Waals surface area (Å²) in [4.78, 5) is 25.1. The Labute approximate surface area is 168 Å². The number of hydrogen-bond acceptors (Lipinski definition) is 4. The largest absolute Gasteiger partial charge is 0.381 e. The number of rotatable bonds is 7. The normalized spacial score (nSPS) is 10.5. The number of para-hydroxylation sites is 1. The first-order chi connectivity index (χ1) is 13.5. The van der Waals surface area contributed by atoms with Gasteiger partial charge >= 0.3 is 0 Å². The Bertz CT molecular complexity index is 1010. The fraction of sp³-hybridized carbons (Fsp3) is 0.182. The maximum Gasteiger partial charge on any atom is 0.256 e. The quantitative estimate of drug-likeness (QED) is 0.549. The zero-order chi connectivity index (χ0) is 20.1. The minimum absolute atomic E-state index is 0.264. The first-order valence-corrected chi connectivity index (χ1v) is 9.92. The first-order valence-electron chi connectivity index (χ1n) is 9.10. The van der Waals surface area contributed by atoms with Crippen LogP contribution in [0, 0.1) is 6.92 Å². The van der Waals surface area contributed by atoms with Crippen molar-refractivity contribution in [2.24, 2.45) is 5.73 Å². The van der Waals surface area contributed by atoms with Crippen LogP contribution in [0.4, 0.5) is 10.7 Å². The second kappa shape index (κ2) is 8.71. The molecule has 0 atom stereocenters. The van der Waals surface area contributed by atoms with Crippen molar-refractivity contribution in [3.63, 3.8) is 0 Å². The van der Waals surface area contributed by atoms with Gasteiger partial charge in [-0.05, 0) is 48.7 Å². The lowest BCUT2D eigenvalue weighted by Crippen LogP contribution is -2.16. The van der Waals surface area contributed by atoms with E-state index >= 15 is 0 Å². The molecule has 1 heterocycles. The summed E-state index contributed by atoms with van der Waals surface area (Å²) >= 11 is 1.34. The first kappa shape index (κ1) is 19.6. The molecule has 0 aliphatic carbocycles. The lowest BCUT2D eigenvalue weighted by Gasteiger charge is -2.12. The number of hydrogen-bond donors (Lipinski definition) is 3. The molecule has 0 saturated heterocycles.